The Morgan fingerprint density at radius 3 is 2.33 bits per heavy atom. The minimum atomic E-state index is -0.846. The Morgan fingerprint density at radius 1 is 0.922 bits per heavy atom. The number of carbonyl (C=O) groups is 2. The summed E-state index contributed by atoms with van der Waals surface area (Å²) in [5.74, 6) is -0.481. The number of aromatic nitrogens is 2. The van der Waals surface area contributed by atoms with Crippen LogP contribution in [0.2, 0.25) is 5.15 Å². The molecular formula is C32H53ClN14O3S. The first-order valence-electron chi connectivity index (χ1n) is 17.1. The number of nitrogens with two attached hydrogens (primary N) is 5. The van der Waals surface area contributed by atoms with Crippen molar-refractivity contribution in [2.75, 3.05) is 63.9 Å². The number of rotatable bonds is 23. The second-order valence-corrected chi connectivity index (χ2v) is 14.0. The molecule has 1 unspecified atom stereocenters. The number of amides is 2. The molecule has 1 aliphatic rings. The lowest BCUT2D eigenvalue weighted by Crippen LogP contribution is -2.45. The lowest BCUT2D eigenvalue weighted by Gasteiger charge is -2.22. The number of thioether (sulfide) groups is 1. The number of hydrogen-bond acceptors (Lipinski definition) is 13. The number of guanidine groups is 2. The number of benzene rings is 1. The van der Waals surface area contributed by atoms with Gasteiger partial charge >= 0.3 is 0 Å². The molecule has 2 amide bonds. The van der Waals surface area contributed by atoms with Crippen LogP contribution in [0.25, 0.3) is 0 Å². The zero-order valence-electron chi connectivity index (χ0n) is 28.9. The van der Waals surface area contributed by atoms with Crippen LogP contribution >= 0.6 is 23.4 Å². The topological polar surface area (TPSA) is 298 Å². The van der Waals surface area contributed by atoms with Gasteiger partial charge in [-0.3, -0.25) is 30.6 Å². The summed E-state index contributed by atoms with van der Waals surface area (Å²) in [4.78, 5) is 34.1. The highest BCUT2D eigenvalue weighted by Gasteiger charge is 2.57. The van der Waals surface area contributed by atoms with Crippen LogP contribution in [0.3, 0.4) is 0 Å². The highest BCUT2D eigenvalue weighted by molar-refractivity contribution is 8.09. The maximum atomic E-state index is 12.7. The molecule has 1 aliphatic heterocycles. The van der Waals surface area contributed by atoms with Crippen LogP contribution < -0.4 is 54.7 Å². The molecule has 0 aliphatic carbocycles. The van der Waals surface area contributed by atoms with Gasteiger partial charge in [0.25, 0.3) is 11.8 Å². The van der Waals surface area contributed by atoms with Gasteiger partial charge in [0.05, 0.1) is 0 Å². The van der Waals surface area contributed by atoms with E-state index >= 15 is 0 Å². The van der Waals surface area contributed by atoms with Crippen molar-refractivity contribution in [3.8, 4) is 5.75 Å². The highest BCUT2D eigenvalue weighted by Crippen LogP contribution is 2.51. The number of nitrogens with one attached hydrogen (secondary N) is 6. The number of hydrogen-bond donors (Lipinski definition) is 11. The first kappa shape index (κ1) is 41.3. The number of nitrogens with zero attached hydrogens (tertiary/aromatic N) is 3. The van der Waals surface area contributed by atoms with E-state index in [4.69, 9.17) is 55.8 Å². The molecular weight excluding hydrogens is 696 g/mol. The van der Waals surface area contributed by atoms with Crippen LogP contribution in [0.1, 0.15) is 61.0 Å². The number of nitrogen functional groups attached to an aromatic ring is 2. The van der Waals surface area contributed by atoms with E-state index < -0.39 is 10.8 Å². The van der Waals surface area contributed by atoms with Gasteiger partial charge in [0.1, 0.15) is 12.4 Å². The number of unbranched alkanes of at least 4 members (excludes halogenated alkanes) is 2. The smallest absolute Gasteiger partial charge is 0.280 e. The summed E-state index contributed by atoms with van der Waals surface area (Å²) >= 11 is 7.33. The molecule has 16 N–H and O–H groups in total. The molecule has 0 saturated carbocycles. The van der Waals surface area contributed by atoms with Gasteiger partial charge < -0.3 is 49.4 Å². The molecule has 1 aromatic carbocycles. The first-order chi connectivity index (χ1) is 24.4. The van der Waals surface area contributed by atoms with E-state index in [0.29, 0.717) is 32.8 Å². The van der Waals surface area contributed by atoms with E-state index in [1.807, 2.05) is 24.3 Å². The molecule has 51 heavy (non-hydrogen) atoms. The van der Waals surface area contributed by atoms with Crippen LogP contribution in [0.15, 0.2) is 24.3 Å². The van der Waals surface area contributed by atoms with Gasteiger partial charge in [-0.15, -0.1) is 11.8 Å². The average Bonchev–Trinajstić information content (AvgIpc) is 3.77. The number of aryl methyl sites for hydroxylation is 1. The Bertz CT molecular complexity index is 1450. The predicted octanol–water partition coefficient (Wildman–Crippen LogP) is 0.531. The Labute approximate surface area is 308 Å². The van der Waals surface area contributed by atoms with Crippen molar-refractivity contribution in [3.63, 3.8) is 0 Å². The summed E-state index contributed by atoms with van der Waals surface area (Å²) in [6.45, 7) is 5.23. The Kier molecular flexibility index (Phi) is 17.3. The number of halogens is 1. The zero-order chi connectivity index (χ0) is 37.2. The summed E-state index contributed by atoms with van der Waals surface area (Å²) in [5.41, 5.74) is 29.6. The molecule has 0 bridgehead atoms. The molecule has 2 aromatic rings. The zero-order valence-corrected chi connectivity index (χ0v) is 30.5. The molecule has 19 heteroatoms. The molecule has 17 nitrogen and oxygen atoms in total. The molecule has 2 heterocycles. The summed E-state index contributed by atoms with van der Waals surface area (Å²) in [6.07, 6.45) is 6.83. The largest absolute Gasteiger partial charge is 0.492 e. The highest BCUT2D eigenvalue weighted by atomic mass is 35.5. The van der Waals surface area contributed by atoms with Gasteiger partial charge in [0.2, 0.25) is 0 Å². The van der Waals surface area contributed by atoms with Crippen molar-refractivity contribution >= 4 is 58.7 Å². The van der Waals surface area contributed by atoms with Crippen LogP contribution in [-0.4, -0.2) is 101 Å². The van der Waals surface area contributed by atoms with Crippen molar-refractivity contribution in [3.05, 3.63) is 40.7 Å². The maximum Gasteiger partial charge on any atom is 0.280 e. The minimum absolute atomic E-state index is 0.0302. The van der Waals surface area contributed by atoms with Crippen molar-refractivity contribution < 1.29 is 14.3 Å². The number of ether oxygens (including phenoxy) is 1. The molecule has 3 rings (SSSR count). The predicted molar refractivity (Wildman–Crippen MR) is 204 cm³/mol. The van der Waals surface area contributed by atoms with Crippen molar-refractivity contribution in [1.29, 1.82) is 10.8 Å². The fourth-order valence-corrected chi connectivity index (χ4v) is 6.40. The van der Waals surface area contributed by atoms with Crippen molar-refractivity contribution in [1.82, 2.24) is 36.1 Å². The van der Waals surface area contributed by atoms with Crippen molar-refractivity contribution in [2.45, 2.75) is 61.5 Å². The van der Waals surface area contributed by atoms with Crippen molar-refractivity contribution in [2.24, 2.45) is 17.2 Å². The van der Waals surface area contributed by atoms with E-state index in [9.17, 15) is 9.59 Å². The van der Waals surface area contributed by atoms with Crippen LogP contribution in [-0.2, 0) is 11.2 Å². The fourth-order valence-electron chi connectivity index (χ4n) is 5.18. The summed E-state index contributed by atoms with van der Waals surface area (Å²) in [6, 6.07) is 8.01. The lowest BCUT2D eigenvalue weighted by molar-refractivity contribution is -0.122. The van der Waals surface area contributed by atoms with Gasteiger partial charge in [-0.2, -0.15) is 0 Å². The van der Waals surface area contributed by atoms with E-state index in [1.54, 1.807) is 0 Å². The second kappa shape index (κ2) is 21.3. The lowest BCUT2D eigenvalue weighted by atomic mass is 10.1. The minimum Gasteiger partial charge on any atom is -0.492 e. The van der Waals surface area contributed by atoms with Gasteiger partial charge in [0, 0.05) is 31.4 Å². The average molecular weight is 749 g/mol. The van der Waals surface area contributed by atoms with Gasteiger partial charge in [-0.1, -0.05) is 30.2 Å². The second-order valence-electron chi connectivity index (χ2n) is 12.2. The molecule has 0 radical (unpaired) electrons. The standard InChI is InChI=1S/C32H53ClN14O3S/c33-25-27(36)45-26(35)24(44-25)28(48)46-31(39)43-15-3-1-7-21-9-11-22(12-10-21)50-20-19-47(17-5-13-34)18-6-16-41-29(49)32(40)23(51-32)8-2-4-14-42-30(37)38/h9-12,23H,1-8,13-20,34,40H2,(H,41,49)(H4,35,36,45)(H4,37,38,42)(H3,39,43,46,48)/t23?,32-/m0/s1. The number of anilines is 2. The first-order valence-corrected chi connectivity index (χ1v) is 18.4. The molecule has 282 valence electrons. The molecule has 1 fully saturated rings. The maximum absolute atomic E-state index is 12.7. The number of carbonyl (C=O) groups excluding carboxylic acids is 2. The third-order valence-electron chi connectivity index (χ3n) is 8.09. The van der Waals surface area contributed by atoms with E-state index in [1.165, 1.54) is 17.3 Å². The van der Waals surface area contributed by atoms with Crippen LogP contribution in [0.4, 0.5) is 11.6 Å². The Morgan fingerprint density at radius 2 is 1.61 bits per heavy atom. The Balaban J connectivity index is 1.26. The SMILES string of the molecule is N=C(N)NCCCCC1S[C@]1(N)C(=O)NCCCN(CCCN)CCOc1ccc(CCCCNC(=N)NC(=O)c2nc(Cl)c(N)nc2N)cc1. The summed E-state index contributed by atoms with van der Waals surface area (Å²) < 4.78 is 6.01. The molecule has 1 saturated heterocycles. The fraction of sp³-hybridized carbons (Fsp3) is 0.562. The summed E-state index contributed by atoms with van der Waals surface area (Å²) in [7, 11) is 0. The van der Waals surface area contributed by atoms with E-state index in [0.717, 1.165) is 76.8 Å². The quantitative estimate of drug-likeness (QED) is 0.0320. The molecule has 1 aromatic heterocycles. The summed E-state index contributed by atoms with van der Waals surface area (Å²) in [5, 5.41) is 26.1. The van der Waals surface area contributed by atoms with Gasteiger partial charge in [0.15, 0.2) is 39.3 Å². The van der Waals surface area contributed by atoms with Gasteiger partial charge in [-0.25, -0.2) is 9.97 Å². The van der Waals surface area contributed by atoms with Gasteiger partial charge in [-0.05, 0) is 82.3 Å². The van der Waals surface area contributed by atoms with E-state index in [-0.39, 0.29) is 45.6 Å². The van der Waals surface area contributed by atoms with E-state index in [2.05, 4.69) is 36.1 Å². The third kappa shape index (κ3) is 14.6. The Hall–Kier alpha value is -4.10. The van der Waals surface area contributed by atoms with Crippen LogP contribution in [0, 0.1) is 10.8 Å². The van der Waals surface area contributed by atoms with Crippen LogP contribution in [0.5, 0.6) is 5.75 Å². The molecule has 0 spiro atoms. The monoisotopic (exact) mass is 748 g/mol. The molecule has 2 atom stereocenters. The normalized spacial score (nSPS) is 16.4. The third-order valence-corrected chi connectivity index (χ3v) is 9.87.